The van der Waals surface area contributed by atoms with Gasteiger partial charge in [-0.3, -0.25) is 14.9 Å². The third-order valence-corrected chi connectivity index (χ3v) is 4.16. The molecule has 1 aromatic carbocycles. The van der Waals surface area contributed by atoms with Crippen LogP contribution in [0.5, 0.6) is 11.6 Å². The molecule has 0 saturated heterocycles. The molecule has 3 aromatic rings. The Morgan fingerprint density at radius 3 is 2.85 bits per heavy atom. The normalized spacial score (nSPS) is 10.2. The molecule has 3 rings (SSSR count). The average molecular weight is 368 g/mol. The quantitative estimate of drug-likeness (QED) is 0.698. The SMILES string of the molecule is CNC(=O)Cc1csc(NC(=O)c2cccc(Oc3ccccn3)c2)n1. The number of nitrogens with zero attached hydrogens (tertiary/aromatic N) is 2. The summed E-state index contributed by atoms with van der Waals surface area (Å²) >= 11 is 1.27. The van der Waals surface area contributed by atoms with Crippen molar-refractivity contribution in [3.63, 3.8) is 0 Å². The fourth-order valence-corrected chi connectivity index (χ4v) is 2.80. The summed E-state index contributed by atoms with van der Waals surface area (Å²) < 4.78 is 5.63. The first kappa shape index (κ1) is 17.6. The van der Waals surface area contributed by atoms with E-state index in [1.165, 1.54) is 11.3 Å². The second-order valence-electron chi connectivity index (χ2n) is 5.25. The topological polar surface area (TPSA) is 93.2 Å². The molecule has 0 aliphatic rings. The van der Waals surface area contributed by atoms with Crippen molar-refractivity contribution in [2.24, 2.45) is 0 Å². The number of nitrogens with one attached hydrogen (secondary N) is 2. The number of benzene rings is 1. The lowest BCUT2D eigenvalue weighted by Crippen LogP contribution is -2.20. The fraction of sp³-hybridized carbons (Fsp3) is 0.111. The molecule has 0 radical (unpaired) electrons. The van der Waals surface area contributed by atoms with Crippen molar-refractivity contribution in [1.29, 1.82) is 0 Å². The molecular formula is C18H16N4O3S. The number of anilines is 1. The van der Waals surface area contributed by atoms with Crippen LogP contribution < -0.4 is 15.4 Å². The van der Waals surface area contributed by atoms with Crippen LogP contribution in [0.2, 0.25) is 0 Å². The highest BCUT2D eigenvalue weighted by molar-refractivity contribution is 7.14. The highest BCUT2D eigenvalue weighted by Gasteiger charge is 2.12. The lowest BCUT2D eigenvalue weighted by molar-refractivity contribution is -0.120. The first-order valence-corrected chi connectivity index (χ1v) is 8.67. The molecule has 26 heavy (non-hydrogen) atoms. The number of likely N-dealkylation sites (N-methyl/N-ethyl adjacent to an activating group) is 1. The minimum Gasteiger partial charge on any atom is -0.439 e. The Morgan fingerprint density at radius 2 is 2.08 bits per heavy atom. The lowest BCUT2D eigenvalue weighted by Gasteiger charge is -2.06. The largest absolute Gasteiger partial charge is 0.439 e. The number of hydrogen-bond acceptors (Lipinski definition) is 6. The summed E-state index contributed by atoms with van der Waals surface area (Å²) in [5.41, 5.74) is 1.04. The van der Waals surface area contributed by atoms with Gasteiger partial charge in [0.15, 0.2) is 5.13 Å². The zero-order valence-electron chi connectivity index (χ0n) is 13.9. The average Bonchev–Trinajstić information content (AvgIpc) is 3.09. The third kappa shape index (κ3) is 4.64. The maximum atomic E-state index is 12.4. The summed E-state index contributed by atoms with van der Waals surface area (Å²) in [5.74, 6) is 0.518. The molecule has 0 spiro atoms. The molecule has 2 aromatic heterocycles. The van der Waals surface area contributed by atoms with Gasteiger partial charge in [0.2, 0.25) is 11.8 Å². The highest BCUT2D eigenvalue weighted by atomic mass is 32.1. The van der Waals surface area contributed by atoms with Gasteiger partial charge >= 0.3 is 0 Å². The van der Waals surface area contributed by atoms with Crippen molar-refractivity contribution < 1.29 is 14.3 Å². The van der Waals surface area contributed by atoms with Crippen molar-refractivity contribution >= 4 is 28.3 Å². The summed E-state index contributed by atoms with van der Waals surface area (Å²) in [4.78, 5) is 32.1. The Hall–Kier alpha value is -3.26. The minimum absolute atomic E-state index is 0.132. The van der Waals surface area contributed by atoms with E-state index in [4.69, 9.17) is 4.74 Å². The third-order valence-electron chi connectivity index (χ3n) is 3.35. The van der Waals surface area contributed by atoms with E-state index in [-0.39, 0.29) is 18.2 Å². The number of amides is 2. The maximum Gasteiger partial charge on any atom is 0.257 e. The van der Waals surface area contributed by atoms with E-state index < -0.39 is 0 Å². The van der Waals surface area contributed by atoms with Crippen molar-refractivity contribution in [2.75, 3.05) is 12.4 Å². The highest BCUT2D eigenvalue weighted by Crippen LogP contribution is 2.21. The number of pyridine rings is 1. The molecule has 0 saturated carbocycles. The van der Waals surface area contributed by atoms with Crippen LogP contribution in [-0.4, -0.2) is 28.8 Å². The predicted octanol–water partition coefficient (Wildman–Crippen LogP) is 2.87. The van der Waals surface area contributed by atoms with Crippen molar-refractivity contribution in [1.82, 2.24) is 15.3 Å². The van der Waals surface area contributed by atoms with Gasteiger partial charge in [-0.25, -0.2) is 9.97 Å². The van der Waals surface area contributed by atoms with Gasteiger partial charge in [0.1, 0.15) is 5.75 Å². The lowest BCUT2D eigenvalue weighted by atomic mass is 10.2. The van der Waals surface area contributed by atoms with Gasteiger partial charge in [0.25, 0.3) is 5.91 Å². The van der Waals surface area contributed by atoms with Crippen LogP contribution in [0.1, 0.15) is 16.1 Å². The Bertz CT molecular complexity index is 912. The van der Waals surface area contributed by atoms with Gasteiger partial charge in [0.05, 0.1) is 12.1 Å². The van der Waals surface area contributed by atoms with Crippen LogP contribution in [0.4, 0.5) is 5.13 Å². The van der Waals surface area contributed by atoms with Crippen LogP contribution in [0.15, 0.2) is 54.0 Å². The molecule has 2 heterocycles. The molecule has 0 atom stereocenters. The molecule has 0 aliphatic carbocycles. The first-order chi connectivity index (χ1) is 12.6. The fourth-order valence-electron chi connectivity index (χ4n) is 2.10. The minimum atomic E-state index is -0.308. The monoisotopic (exact) mass is 368 g/mol. The maximum absolute atomic E-state index is 12.4. The molecule has 7 nitrogen and oxygen atoms in total. The van der Waals surface area contributed by atoms with Gasteiger partial charge in [-0.15, -0.1) is 11.3 Å². The summed E-state index contributed by atoms with van der Waals surface area (Å²) in [5, 5.41) is 7.44. The number of thiazole rings is 1. The molecule has 132 valence electrons. The summed E-state index contributed by atoms with van der Waals surface area (Å²) in [6.07, 6.45) is 1.81. The summed E-state index contributed by atoms with van der Waals surface area (Å²) in [7, 11) is 1.57. The van der Waals surface area contributed by atoms with E-state index in [1.54, 1.807) is 55.0 Å². The summed E-state index contributed by atoms with van der Waals surface area (Å²) in [6.45, 7) is 0. The number of hydrogen-bond donors (Lipinski definition) is 2. The van der Waals surface area contributed by atoms with Gasteiger partial charge in [-0.1, -0.05) is 12.1 Å². The van der Waals surface area contributed by atoms with E-state index >= 15 is 0 Å². The van der Waals surface area contributed by atoms with E-state index in [2.05, 4.69) is 20.6 Å². The molecule has 2 N–H and O–H groups in total. The molecule has 8 heteroatoms. The van der Waals surface area contributed by atoms with Crippen LogP contribution in [0.25, 0.3) is 0 Å². The molecule has 0 bridgehead atoms. The van der Waals surface area contributed by atoms with Gasteiger partial charge in [-0.05, 0) is 24.3 Å². The van der Waals surface area contributed by atoms with E-state index in [0.29, 0.717) is 28.0 Å². The molecular weight excluding hydrogens is 352 g/mol. The number of carbonyl (C=O) groups excluding carboxylic acids is 2. The van der Waals surface area contributed by atoms with E-state index in [9.17, 15) is 9.59 Å². The smallest absolute Gasteiger partial charge is 0.257 e. The van der Waals surface area contributed by atoms with Crippen LogP contribution in [0, 0.1) is 0 Å². The van der Waals surface area contributed by atoms with Gasteiger partial charge in [-0.2, -0.15) is 0 Å². The zero-order chi connectivity index (χ0) is 18.4. The van der Waals surface area contributed by atoms with E-state index in [0.717, 1.165) is 0 Å². The number of aromatic nitrogens is 2. The van der Waals surface area contributed by atoms with Crippen molar-refractivity contribution in [2.45, 2.75) is 6.42 Å². The van der Waals surface area contributed by atoms with Crippen molar-refractivity contribution in [3.05, 3.63) is 65.3 Å². The van der Waals surface area contributed by atoms with Crippen LogP contribution >= 0.6 is 11.3 Å². The van der Waals surface area contributed by atoms with Crippen LogP contribution in [-0.2, 0) is 11.2 Å². The number of ether oxygens (including phenoxy) is 1. The first-order valence-electron chi connectivity index (χ1n) is 7.79. The Balaban J connectivity index is 1.66. The standard InChI is InChI=1S/C18H16N4O3S/c1-19-15(23)10-13-11-26-18(21-13)22-17(24)12-5-4-6-14(9-12)25-16-7-2-3-8-20-16/h2-9,11H,10H2,1H3,(H,19,23)(H,21,22,24). The second-order valence-corrected chi connectivity index (χ2v) is 6.10. The second kappa shape index (κ2) is 8.21. The Morgan fingerprint density at radius 1 is 1.19 bits per heavy atom. The molecule has 0 fully saturated rings. The summed E-state index contributed by atoms with van der Waals surface area (Å²) in [6, 6.07) is 12.1. The number of carbonyl (C=O) groups is 2. The van der Waals surface area contributed by atoms with Gasteiger partial charge < -0.3 is 10.1 Å². The molecule has 2 amide bonds. The molecule has 0 aliphatic heterocycles. The Labute approximate surface area is 154 Å². The van der Waals surface area contributed by atoms with Crippen molar-refractivity contribution in [3.8, 4) is 11.6 Å². The molecule has 0 unspecified atom stereocenters. The van der Waals surface area contributed by atoms with Crippen LogP contribution in [0.3, 0.4) is 0 Å². The predicted molar refractivity (Wildman–Crippen MR) is 98.6 cm³/mol. The van der Waals surface area contributed by atoms with Gasteiger partial charge in [0, 0.05) is 30.3 Å². The Kier molecular flexibility index (Phi) is 5.55. The number of rotatable bonds is 6. The zero-order valence-corrected chi connectivity index (χ0v) is 14.7. The van der Waals surface area contributed by atoms with E-state index in [1.807, 2.05) is 6.07 Å².